The molecule has 0 N–H and O–H groups in total. The summed E-state index contributed by atoms with van der Waals surface area (Å²) < 4.78 is 46.4. The predicted octanol–water partition coefficient (Wildman–Crippen LogP) is 5.91. The summed E-state index contributed by atoms with van der Waals surface area (Å²) in [5.74, 6) is 1.09. The first-order chi connectivity index (χ1) is 15.4. The SMILES string of the molecule is CC1CN(Cc2ccc(-c3noc(-c4ccc(OC(F)(F)F)cc4)n3)c3ccccc23)C1. The number of fused-ring (bicyclic) bond motifs is 1. The van der Waals surface area contributed by atoms with Crippen molar-refractivity contribution in [3.63, 3.8) is 0 Å². The van der Waals surface area contributed by atoms with E-state index in [9.17, 15) is 13.2 Å². The molecule has 0 radical (unpaired) electrons. The smallest absolute Gasteiger partial charge is 0.406 e. The number of nitrogens with zero attached hydrogens (tertiary/aromatic N) is 3. The van der Waals surface area contributed by atoms with Crippen molar-refractivity contribution in [1.82, 2.24) is 15.0 Å². The Hall–Kier alpha value is -3.39. The van der Waals surface area contributed by atoms with Gasteiger partial charge in [-0.25, -0.2) is 0 Å². The van der Waals surface area contributed by atoms with Crippen LogP contribution in [0.1, 0.15) is 12.5 Å². The Morgan fingerprint density at radius 2 is 1.72 bits per heavy atom. The average Bonchev–Trinajstić information content (AvgIpc) is 3.22. The van der Waals surface area contributed by atoms with Crippen molar-refractivity contribution in [2.45, 2.75) is 19.8 Å². The van der Waals surface area contributed by atoms with Crippen LogP contribution in [-0.4, -0.2) is 34.5 Å². The number of likely N-dealkylation sites (tertiary alicyclic amines) is 1. The largest absolute Gasteiger partial charge is 0.573 e. The Morgan fingerprint density at radius 3 is 2.41 bits per heavy atom. The van der Waals surface area contributed by atoms with Gasteiger partial charge in [-0.05, 0) is 46.5 Å². The van der Waals surface area contributed by atoms with Gasteiger partial charge < -0.3 is 9.26 Å². The van der Waals surface area contributed by atoms with Crippen LogP contribution < -0.4 is 4.74 Å². The minimum Gasteiger partial charge on any atom is -0.406 e. The molecule has 1 aliphatic heterocycles. The summed E-state index contributed by atoms with van der Waals surface area (Å²) in [4.78, 5) is 6.90. The van der Waals surface area contributed by atoms with Crippen molar-refractivity contribution in [3.05, 3.63) is 66.2 Å². The van der Waals surface area contributed by atoms with Crippen LogP contribution in [0.4, 0.5) is 13.2 Å². The van der Waals surface area contributed by atoms with E-state index in [1.165, 1.54) is 29.8 Å². The van der Waals surface area contributed by atoms with Gasteiger partial charge in [0.15, 0.2) is 0 Å². The molecular weight excluding hydrogens is 419 g/mol. The molecule has 0 amide bonds. The normalized spacial score (nSPS) is 15.1. The fourth-order valence-corrected chi connectivity index (χ4v) is 4.14. The van der Waals surface area contributed by atoms with E-state index >= 15 is 0 Å². The minimum atomic E-state index is -4.74. The Kier molecular flexibility index (Phi) is 5.09. The molecular formula is C24H20F3N3O2. The zero-order valence-electron chi connectivity index (χ0n) is 17.3. The number of rotatable bonds is 5. The van der Waals surface area contributed by atoms with Crippen LogP contribution in [0.25, 0.3) is 33.6 Å². The molecule has 2 heterocycles. The van der Waals surface area contributed by atoms with Crippen LogP contribution in [0.15, 0.2) is 65.2 Å². The van der Waals surface area contributed by atoms with E-state index in [2.05, 4.69) is 38.8 Å². The van der Waals surface area contributed by atoms with Crippen LogP contribution >= 0.6 is 0 Å². The molecule has 164 valence electrons. The Morgan fingerprint density at radius 1 is 1.00 bits per heavy atom. The van der Waals surface area contributed by atoms with Crippen molar-refractivity contribution in [3.8, 4) is 28.6 Å². The molecule has 0 unspecified atom stereocenters. The van der Waals surface area contributed by atoms with E-state index in [0.717, 1.165) is 41.9 Å². The van der Waals surface area contributed by atoms with Gasteiger partial charge in [0.2, 0.25) is 5.82 Å². The third kappa shape index (κ3) is 4.18. The molecule has 1 aliphatic rings. The molecule has 5 nitrogen and oxygen atoms in total. The molecule has 0 atom stereocenters. The highest BCUT2D eigenvalue weighted by atomic mass is 19.4. The fraction of sp³-hybridized carbons (Fsp3) is 0.250. The molecule has 0 bridgehead atoms. The predicted molar refractivity (Wildman–Crippen MR) is 114 cm³/mol. The quantitative estimate of drug-likeness (QED) is 0.387. The second kappa shape index (κ2) is 7.94. The van der Waals surface area contributed by atoms with Gasteiger partial charge in [-0.1, -0.05) is 48.5 Å². The lowest BCUT2D eigenvalue weighted by molar-refractivity contribution is -0.274. The maximum absolute atomic E-state index is 12.4. The number of hydrogen-bond donors (Lipinski definition) is 0. The molecule has 8 heteroatoms. The molecule has 4 aromatic rings. The summed E-state index contributed by atoms with van der Waals surface area (Å²) in [5, 5.41) is 6.29. The van der Waals surface area contributed by atoms with E-state index in [1.807, 2.05) is 24.3 Å². The van der Waals surface area contributed by atoms with Crippen molar-refractivity contribution in [2.75, 3.05) is 13.1 Å². The first-order valence-corrected chi connectivity index (χ1v) is 10.3. The highest BCUT2D eigenvalue weighted by Gasteiger charge is 2.31. The molecule has 5 rings (SSSR count). The second-order valence-electron chi connectivity index (χ2n) is 8.11. The Labute approximate surface area is 182 Å². The summed E-state index contributed by atoms with van der Waals surface area (Å²) in [6.07, 6.45) is -4.74. The van der Waals surface area contributed by atoms with Crippen molar-refractivity contribution >= 4 is 10.8 Å². The maximum Gasteiger partial charge on any atom is 0.573 e. The number of alkyl halides is 3. The summed E-state index contributed by atoms with van der Waals surface area (Å²) in [5.41, 5.74) is 2.60. The van der Waals surface area contributed by atoms with E-state index in [1.54, 1.807) is 0 Å². The van der Waals surface area contributed by atoms with Gasteiger partial charge in [0, 0.05) is 30.8 Å². The van der Waals surface area contributed by atoms with E-state index in [0.29, 0.717) is 11.4 Å². The second-order valence-corrected chi connectivity index (χ2v) is 8.11. The number of benzene rings is 3. The van der Waals surface area contributed by atoms with Crippen LogP contribution in [0, 0.1) is 5.92 Å². The van der Waals surface area contributed by atoms with E-state index < -0.39 is 6.36 Å². The molecule has 0 spiro atoms. The highest BCUT2D eigenvalue weighted by molar-refractivity contribution is 5.97. The van der Waals surface area contributed by atoms with Crippen LogP contribution in [0.2, 0.25) is 0 Å². The summed E-state index contributed by atoms with van der Waals surface area (Å²) in [6.45, 7) is 5.37. The van der Waals surface area contributed by atoms with E-state index in [4.69, 9.17) is 4.52 Å². The van der Waals surface area contributed by atoms with Crippen LogP contribution in [0.3, 0.4) is 0 Å². The first kappa shape index (κ1) is 20.5. The van der Waals surface area contributed by atoms with Crippen LogP contribution in [-0.2, 0) is 6.54 Å². The number of ether oxygens (including phenoxy) is 1. The van der Waals surface area contributed by atoms with Gasteiger partial charge in [-0.2, -0.15) is 4.98 Å². The molecule has 1 saturated heterocycles. The molecule has 3 aromatic carbocycles. The first-order valence-electron chi connectivity index (χ1n) is 10.3. The molecule has 32 heavy (non-hydrogen) atoms. The highest BCUT2D eigenvalue weighted by Crippen LogP contribution is 2.33. The monoisotopic (exact) mass is 439 g/mol. The van der Waals surface area contributed by atoms with Gasteiger partial charge in [0.25, 0.3) is 5.89 Å². The van der Waals surface area contributed by atoms with Gasteiger partial charge in [0.05, 0.1) is 0 Å². The average molecular weight is 439 g/mol. The van der Waals surface area contributed by atoms with Gasteiger partial charge >= 0.3 is 6.36 Å². The number of aromatic nitrogens is 2. The van der Waals surface area contributed by atoms with Crippen molar-refractivity contribution < 1.29 is 22.4 Å². The summed E-state index contributed by atoms with van der Waals surface area (Å²) in [6, 6.07) is 17.5. The van der Waals surface area contributed by atoms with Crippen molar-refractivity contribution in [2.24, 2.45) is 5.92 Å². The molecule has 0 aliphatic carbocycles. The van der Waals surface area contributed by atoms with Crippen LogP contribution in [0.5, 0.6) is 5.75 Å². The molecule has 0 saturated carbocycles. The lowest BCUT2D eigenvalue weighted by atomic mass is 9.96. The minimum absolute atomic E-state index is 0.223. The Bertz CT molecular complexity index is 1250. The third-order valence-corrected chi connectivity index (χ3v) is 5.55. The van der Waals surface area contributed by atoms with Gasteiger partial charge in [0.1, 0.15) is 5.75 Å². The zero-order chi connectivity index (χ0) is 22.3. The molecule has 1 aromatic heterocycles. The molecule has 1 fully saturated rings. The lowest BCUT2D eigenvalue weighted by Crippen LogP contribution is -2.44. The lowest BCUT2D eigenvalue weighted by Gasteiger charge is -2.37. The van der Waals surface area contributed by atoms with Gasteiger partial charge in [-0.3, -0.25) is 4.90 Å². The Balaban J connectivity index is 1.43. The number of hydrogen-bond acceptors (Lipinski definition) is 5. The summed E-state index contributed by atoms with van der Waals surface area (Å²) in [7, 11) is 0. The maximum atomic E-state index is 12.4. The zero-order valence-corrected chi connectivity index (χ0v) is 17.3. The topological polar surface area (TPSA) is 51.4 Å². The summed E-state index contributed by atoms with van der Waals surface area (Å²) >= 11 is 0. The third-order valence-electron chi connectivity index (χ3n) is 5.55. The standard InChI is InChI=1S/C24H20F3N3O2/c1-15-12-30(13-15)14-17-8-11-21(20-5-3-2-4-19(17)20)22-28-23(32-29-22)16-6-9-18(10-7-16)31-24(25,26)27/h2-11,15H,12-14H2,1H3. The fourth-order valence-electron chi connectivity index (χ4n) is 4.14. The van der Waals surface area contributed by atoms with E-state index in [-0.39, 0.29) is 11.6 Å². The number of halogens is 3. The van der Waals surface area contributed by atoms with Gasteiger partial charge in [-0.15, -0.1) is 13.2 Å². The van der Waals surface area contributed by atoms with Crippen molar-refractivity contribution in [1.29, 1.82) is 0 Å².